The molecule has 92 valence electrons. The number of hydrogen-bond donors (Lipinski definition) is 0. The molecule has 0 aliphatic heterocycles. The molecule has 4 nitrogen and oxygen atoms in total. The Bertz CT molecular complexity index is 799. The molecule has 0 N–H and O–H groups in total. The molecular weight excluding hydrogens is 267 g/mol. The molecule has 0 fully saturated rings. The van der Waals surface area contributed by atoms with Crippen LogP contribution in [0, 0.1) is 17.1 Å². The minimum atomic E-state index is -0.498. The molecule has 3 rings (SSSR count). The third-order valence-corrected chi connectivity index (χ3v) is 2.98. The summed E-state index contributed by atoms with van der Waals surface area (Å²) in [5, 5.41) is 13.4. The van der Waals surface area contributed by atoms with Crippen LogP contribution in [0.15, 0.2) is 36.4 Å². The molecule has 0 atom stereocenters. The zero-order valence-corrected chi connectivity index (χ0v) is 10.3. The largest absolute Gasteiger partial charge is 0.207 e. The standard InChI is InChI=1S/C13H6ClFN4/c14-9-4-2-5-10(15)12(9)13-17-11-6-1-3-8(7-16)19(11)18-13/h1-6H. The number of nitrogens with zero attached hydrogens (tertiary/aromatic N) is 4. The average molecular weight is 273 g/mol. The number of halogens is 2. The molecule has 0 unspecified atom stereocenters. The van der Waals surface area contributed by atoms with Crippen molar-refractivity contribution in [3.05, 3.63) is 52.9 Å². The lowest BCUT2D eigenvalue weighted by Gasteiger charge is -1.99. The highest BCUT2D eigenvalue weighted by molar-refractivity contribution is 6.33. The lowest BCUT2D eigenvalue weighted by Crippen LogP contribution is -1.94. The van der Waals surface area contributed by atoms with E-state index >= 15 is 0 Å². The summed E-state index contributed by atoms with van der Waals surface area (Å²) < 4.78 is 15.2. The number of benzene rings is 1. The maximum Gasteiger partial charge on any atom is 0.186 e. The second-order valence-electron chi connectivity index (χ2n) is 3.82. The molecule has 0 radical (unpaired) electrons. The van der Waals surface area contributed by atoms with Crippen LogP contribution in [0.1, 0.15) is 5.69 Å². The Morgan fingerprint density at radius 3 is 2.74 bits per heavy atom. The molecule has 3 aromatic rings. The Morgan fingerprint density at radius 2 is 2.00 bits per heavy atom. The summed E-state index contributed by atoms with van der Waals surface area (Å²) in [5.41, 5.74) is 0.925. The first-order valence-corrected chi connectivity index (χ1v) is 5.79. The van der Waals surface area contributed by atoms with E-state index in [1.54, 1.807) is 24.3 Å². The van der Waals surface area contributed by atoms with E-state index in [4.69, 9.17) is 16.9 Å². The van der Waals surface area contributed by atoms with Gasteiger partial charge in [-0.3, -0.25) is 0 Å². The summed E-state index contributed by atoms with van der Waals surface area (Å²) >= 11 is 5.97. The van der Waals surface area contributed by atoms with Gasteiger partial charge in [0, 0.05) is 0 Å². The molecule has 19 heavy (non-hydrogen) atoms. The van der Waals surface area contributed by atoms with Gasteiger partial charge in [-0.2, -0.15) is 5.26 Å². The van der Waals surface area contributed by atoms with E-state index in [1.807, 2.05) is 6.07 Å². The van der Waals surface area contributed by atoms with Crippen molar-refractivity contribution < 1.29 is 4.39 Å². The molecule has 0 aliphatic carbocycles. The van der Waals surface area contributed by atoms with E-state index < -0.39 is 5.82 Å². The smallest absolute Gasteiger partial charge is 0.186 e. The van der Waals surface area contributed by atoms with Crippen LogP contribution in [0.2, 0.25) is 5.02 Å². The maximum absolute atomic E-state index is 13.8. The van der Waals surface area contributed by atoms with Gasteiger partial charge in [0.05, 0.1) is 10.6 Å². The molecule has 6 heteroatoms. The Kier molecular flexibility index (Phi) is 2.65. The number of fused-ring (bicyclic) bond motifs is 1. The summed E-state index contributed by atoms with van der Waals surface area (Å²) in [5.74, 6) is -0.340. The van der Waals surface area contributed by atoms with Gasteiger partial charge < -0.3 is 0 Å². The maximum atomic E-state index is 13.8. The molecule has 0 spiro atoms. The van der Waals surface area contributed by atoms with E-state index in [0.717, 1.165) is 0 Å². The minimum absolute atomic E-state index is 0.136. The fourth-order valence-electron chi connectivity index (χ4n) is 1.81. The van der Waals surface area contributed by atoms with Gasteiger partial charge in [0.2, 0.25) is 0 Å². The molecule has 0 saturated heterocycles. The number of hydrogen-bond acceptors (Lipinski definition) is 3. The summed E-state index contributed by atoms with van der Waals surface area (Å²) in [7, 11) is 0. The first-order valence-electron chi connectivity index (χ1n) is 5.41. The summed E-state index contributed by atoms with van der Waals surface area (Å²) in [6.07, 6.45) is 0. The van der Waals surface area contributed by atoms with Crippen LogP contribution in [-0.4, -0.2) is 14.6 Å². The van der Waals surface area contributed by atoms with Crippen LogP contribution in [0.25, 0.3) is 17.0 Å². The van der Waals surface area contributed by atoms with Gasteiger partial charge in [0.1, 0.15) is 17.6 Å². The lowest BCUT2D eigenvalue weighted by molar-refractivity contribution is 0.630. The molecule has 0 saturated carbocycles. The monoisotopic (exact) mass is 272 g/mol. The molecule has 1 aromatic carbocycles. The van der Waals surface area contributed by atoms with Gasteiger partial charge in [0.25, 0.3) is 0 Å². The summed E-state index contributed by atoms with van der Waals surface area (Å²) in [6.45, 7) is 0. The van der Waals surface area contributed by atoms with E-state index in [9.17, 15) is 4.39 Å². The van der Waals surface area contributed by atoms with Crippen molar-refractivity contribution in [1.29, 1.82) is 5.26 Å². The van der Waals surface area contributed by atoms with Crippen LogP contribution in [-0.2, 0) is 0 Å². The minimum Gasteiger partial charge on any atom is -0.207 e. The molecule has 0 bridgehead atoms. The van der Waals surface area contributed by atoms with Crippen molar-refractivity contribution in [3.8, 4) is 17.5 Å². The first-order chi connectivity index (χ1) is 9.20. The van der Waals surface area contributed by atoms with Crippen molar-refractivity contribution in [3.63, 3.8) is 0 Å². The Morgan fingerprint density at radius 1 is 1.21 bits per heavy atom. The first kappa shape index (κ1) is 11.6. The number of rotatable bonds is 1. The third kappa shape index (κ3) is 1.83. The van der Waals surface area contributed by atoms with E-state index in [1.165, 1.54) is 16.6 Å². The van der Waals surface area contributed by atoms with Crippen molar-refractivity contribution in [2.45, 2.75) is 0 Å². The fraction of sp³-hybridized carbons (Fsp3) is 0. The van der Waals surface area contributed by atoms with Crippen LogP contribution in [0.4, 0.5) is 4.39 Å². The SMILES string of the molecule is N#Cc1cccc2nc(-c3c(F)cccc3Cl)nn12. The van der Waals surface area contributed by atoms with Crippen molar-refractivity contribution in [2.24, 2.45) is 0 Å². The molecule has 0 aliphatic rings. The third-order valence-electron chi connectivity index (χ3n) is 2.66. The highest BCUT2D eigenvalue weighted by atomic mass is 35.5. The van der Waals surface area contributed by atoms with E-state index in [0.29, 0.717) is 11.3 Å². The average Bonchev–Trinajstić information content (AvgIpc) is 2.81. The van der Waals surface area contributed by atoms with Crippen molar-refractivity contribution in [1.82, 2.24) is 14.6 Å². The molecular formula is C13H6ClFN4. The van der Waals surface area contributed by atoms with Gasteiger partial charge in [-0.05, 0) is 24.3 Å². The van der Waals surface area contributed by atoms with Crippen LogP contribution >= 0.6 is 11.6 Å². The molecule has 2 heterocycles. The zero-order chi connectivity index (χ0) is 13.4. The Balaban J connectivity index is 2.31. The highest BCUT2D eigenvalue weighted by Gasteiger charge is 2.15. The second kappa shape index (κ2) is 4.34. The van der Waals surface area contributed by atoms with E-state index in [2.05, 4.69) is 10.1 Å². The molecule has 2 aromatic heterocycles. The Hall–Kier alpha value is -2.45. The quantitative estimate of drug-likeness (QED) is 0.684. The number of aromatic nitrogens is 3. The normalized spacial score (nSPS) is 10.6. The van der Waals surface area contributed by atoms with E-state index in [-0.39, 0.29) is 16.4 Å². The van der Waals surface area contributed by atoms with Gasteiger partial charge in [-0.1, -0.05) is 23.7 Å². The summed E-state index contributed by atoms with van der Waals surface area (Å²) in [6, 6.07) is 11.3. The second-order valence-corrected chi connectivity index (χ2v) is 4.23. The van der Waals surface area contributed by atoms with Crippen LogP contribution < -0.4 is 0 Å². The van der Waals surface area contributed by atoms with Gasteiger partial charge in [-0.25, -0.2) is 13.9 Å². The highest BCUT2D eigenvalue weighted by Crippen LogP contribution is 2.28. The summed E-state index contributed by atoms with van der Waals surface area (Å²) in [4.78, 5) is 4.19. The van der Waals surface area contributed by atoms with Gasteiger partial charge in [0.15, 0.2) is 11.5 Å². The van der Waals surface area contributed by atoms with Gasteiger partial charge in [-0.15, -0.1) is 5.10 Å². The fourth-order valence-corrected chi connectivity index (χ4v) is 2.05. The lowest BCUT2D eigenvalue weighted by atomic mass is 10.2. The number of pyridine rings is 1. The number of nitriles is 1. The van der Waals surface area contributed by atoms with Crippen LogP contribution in [0.3, 0.4) is 0 Å². The topological polar surface area (TPSA) is 54.0 Å². The zero-order valence-electron chi connectivity index (χ0n) is 9.51. The van der Waals surface area contributed by atoms with Gasteiger partial charge >= 0.3 is 0 Å². The Labute approximate surface area is 112 Å². The predicted molar refractivity (Wildman–Crippen MR) is 68.1 cm³/mol. The predicted octanol–water partition coefficient (Wildman–Crippen LogP) is 3.06. The van der Waals surface area contributed by atoms with Crippen molar-refractivity contribution in [2.75, 3.05) is 0 Å². The molecule has 0 amide bonds. The van der Waals surface area contributed by atoms with Crippen LogP contribution in [0.5, 0.6) is 0 Å². The van der Waals surface area contributed by atoms with Crippen molar-refractivity contribution >= 4 is 17.2 Å².